The van der Waals surface area contributed by atoms with Gasteiger partial charge in [-0.2, -0.15) is 0 Å². The van der Waals surface area contributed by atoms with Crippen molar-refractivity contribution in [3.8, 4) is 5.75 Å². The predicted molar refractivity (Wildman–Crippen MR) is 126 cm³/mol. The van der Waals surface area contributed by atoms with Crippen molar-refractivity contribution in [3.63, 3.8) is 0 Å². The van der Waals surface area contributed by atoms with Gasteiger partial charge in [0.2, 0.25) is 0 Å². The van der Waals surface area contributed by atoms with Gasteiger partial charge in [0, 0.05) is 0 Å². The molecule has 0 bridgehead atoms. The second kappa shape index (κ2) is 8.70. The summed E-state index contributed by atoms with van der Waals surface area (Å²) in [5.41, 5.74) is 3.12. The third-order valence-corrected chi connectivity index (χ3v) is 12.0. The van der Waals surface area contributed by atoms with Crippen molar-refractivity contribution in [1.82, 2.24) is 0 Å². The maximum absolute atomic E-state index is 6.12. The van der Waals surface area contributed by atoms with Crippen LogP contribution in [-0.4, -0.2) is 33.1 Å². The van der Waals surface area contributed by atoms with Gasteiger partial charge < -0.3 is 0 Å². The van der Waals surface area contributed by atoms with Crippen molar-refractivity contribution in [2.45, 2.75) is 39.5 Å². The van der Waals surface area contributed by atoms with E-state index < -0.39 is 0 Å². The molecule has 0 aromatic heterocycles. The van der Waals surface area contributed by atoms with Crippen LogP contribution in [0.1, 0.15) is 32.3 Å². The molecule has 1 nitrogen and oxygen atoms in total. The standard InChI is InChI=1S/C23H25OS2.CH3.Sb/c1-22(2)14-12-19(13-15-22)23(25-16-17-26-23)18-8-10-21(11-9-18)24-20-6-4-3-5-7-20;;/h3-4,6-14H,5,15-17H2,1-2H3;1H3;. The normalized spacial score (nSPS) is 25.3. The molecule has 4 heteroatoms. The Bertz CT molecular complexity index is 827. The summed E-state index contributed by atoms with van der Waals surface area (Å²) in [6.07, 6.45) is 16.2. The number of hydrogen-bond acceptors (Lipinski definition) is 3. The summed E-state index contributed by atoms with van der Waals surface area (Å²) < 4.78 is 6.97. The zero-order valence-corrected chi connectivity index (χ0v) is 21.0. The summed E-state index contributed by atoms with van der Waals surface area (Å²) >= 11 is 4.10. The molecule has 0 amide bonds. The first-order valence-electron chi connectivity index (χ1n) is 9.94. The molecule has 0 spiro atoms. The van der Waals surface area contributed by atoms with Gasteiger partial charge in [-0.3, -0.25) is 0 Å². The number of hydrogen-bond donors (Lipinski definition) is 0. The molecular weight excluding hydrogens is 490 g/mol. The fourth-order valence-corrected chi connectivity index (χ4v) is 8.67. The topological polar surface area (TPSA) is 9.23 Å². The van der Waals surface area contributed by atoms with E-state index in [1.807, 2.05) is 0 Å². The molecular formula is C24H28OS2Sb. The Morgan fingerprint density at radius 2 is 1.79 bits per heavy atom. The zero-order valence-electron chi connectivity index (χ0n) is 16.9. The Labute approximate surface area is 188 Å². The molecule has 147 valence electrons. The van der Waals surface area contributed by atoms with Gasteiger partial charge in [-0.05, 0) is 11.8 Å². The van der Waals surface area contributed by atoms with Crippen LogP contribution >= 0.6 is 23.5 Å². The summed E-state index contributed by atoms with van der Waals surface area (Å²) in [6.45, 7) is 4.62. The van der Waals surface area contributed by atoms with Crippen molar-refractivity contribution < 1.29 is 4.74 Å². The van der Waals surface area contributed by atoms with E-state index in [1.165, 1.54) is 22.6 Å². The van der Waals surface area contributed by atoms with E-state index in [0.717, 1.165) is 28.2 Å². The van der Waals surface area contributed by atoms with Gasteiger partial charge in [0.25, 0.3) is 0 Å². The molecule has 1 heterocycles. The van der Waals surface area contributed by atoms with Crippen LogP contribution in [-0.2, 0) is 4.08 Å². The predicted octanol–water partition coefficient (Wildman–Crippen LogP) is 7.00. The summed E-state index contributed by atoms with van der Waals surface area (Å²) in [6, 6.07) is 8.82. The molecule has 28 heavy (non-hydrogen) atoms. The van der Waals surface area contributed by atoms with Crippen molar-refractivity contribution in [2.24, 2.45) is 5.41 Å². The zero-order chi connectivity index (χ0) is 19.6. The molecule has 0 N–H and O–H groups in total. The van der Waals surface area contributed by atoms with Gasteiger partial charge in [0.05, 0.1) is 0 Å². The van der Waals surface area contributed by atoms with Crippen molar-refractivity contribution in [3.05, 3.63) is 77.6 Å². The number of benzene rings is 1. The van der Waals surface area contributed by atoms with E-state index in [-0.39, 0.29) is 31.1 Å². The van der Waals surface area contributed by atoms with Crippen LogP contribution in [0.4, 0.5) is 0 Å². The molecule has 0 saturated carbocycles. The molecule has 1 unspecified atom stereocenters. The molecule has 1 radical (unpaired) electrons. The number of thioether (sulfide) groups is 2. The first kappa shape index (κ1) is 20.8. The van der Waals surface area contributed by atoms with E-state index in [1.54, 1.807) is 0 Å². The third-order valence-electron chi connectivity index (χ3n) is 5.48. The number of ether oxygens (including phenoxy) is 1. The van der Waals surface area contributed by atoms with Crippen LogP contribution in [0.3, 0.4) is 0 Å². The average Bonchev–Trinajstić information content (AvgIpc) is 3.20. The second-order valence-corrected chi connectivity index (χ2v) is 14.4. The van der Waals surface area contributed by atoms with Gasteiger partial charge in [0.1, 0.15) is 0 Å². The first-order chi connectivity index (χ1) is 13.5. The summed E-state index contributed by atoms with van der Waals surface area (Å²) in [5.74, 6) is 4.34. The number of rotatable bonds is 5. The van der Waals surface area contributed by atoms with Crippen LogP contribution in [0.5, 0.6) is 5.75 Å². The number of allylic oxidation sites excluding steroid dienone is 6. The summed E-state index contributed by atoms with van der Waals surface area (Å²) in [5, 5.41) is 0. The average molecular weight is 518 g/mol. The Balaban J connectivity index is 1.52. The van der Waals surface area contributed by atoms with Crippen molar-refractivity contribution >= 4 is 45.1 Å². The van der Waals surface area contributed by atoms with Gasteiger partial charge >= 0.3 is 158 Å². The quantitative estimate of drug-likeness (QED) is 0.389. The van der Waals surface area contributed by atoms with Crippen LogP contribution in [0.2, 0.25) is 8.73 Å². The fourth-order valence-electron chi connectivity index (χ4n) is 3.72. The van der Waals surface area contributed by atoms with Crippen LogP contribution < -0.4 is 4.74 Å². The Hall–Kier alpha value is -0.502. The maximum atomic E-state index is 6.12. The molecule has 1 fully saturated rings. The molecule has 1 aromatic rings. The van der Waals surface area contributed by atoms with E-state index in [9.17, 15) is 0 Å². The molecule has 1 aliphatic heterocycles. The van der Waals surface area contributed by atoms with Crippen molar-refractivity contribution in [1.29, 1.82) is 0 Å². The Kier molecular flexibility index (Phi) is 6.45. The summed E-state index contributed by atoms with van der Waals surface area (Å²) in [7, 11) is 0. The van der Waals surface area contributed by atoms with Gasteiger partial charge in [-0.25, -0.2) is 0 Å². The van der Waals surface area contributed by atoms with Crippen LogP contribution in [0.15, 0.2) is 72.1 Å². The van der Waals surface area contributed by atoms with E-state index in [4.69, 9.17) is 4.74 Å². The molecule has 1 atom stereocenters. The Morgan fingerprint density at radius 3 is 2.36 bits per heavy atom. The Morgan fingerprint density at radius 1 is 1.04 bits per heavy atom. The SMILES string of the molecule is [CH3][Sb][CH]1C=CC(Oc2ccc(C3(C4=CCC(C)(C)C=C4)SCCS3)cc2)=CC1. The van der Waals surface area contributed by atoms with Gasteiger partial charge in [-0.15, -0.1) is 0 Å². The van der Waals surface area contributed by atoms with Gasteiger partial charge in [-0.1, -0.05) is 19.9 Å². The molecule has 2 aliphatic carbocycles. The molecule has 1 saturated heterocycles. The molecule has 4 rings (SSSR count). The van der Waals surface area contributed by atoms with Crippen LogP contribution in [0, 0.1) is 5.41 Å². The monoisotopic (exact) mass is 517 g/mol. The minimum absolute atomic E-state index is 0.0366. The molecule has 3 aliphatic rings. The van der Waals surface area contributed by atoms with Gasteiger partial charge in [0.15, 0.2) is 0 Å². The fraction of sp³-hybridized carbons (Fsp3) is 0.417. The van der Waals surface area contributed by atoms with Crippen LogP contribution in [0.25, 0.3) is 0 Å². The van der Waals surface area contributed by atoms with E-state index in [0.29, 0.717) is 0 Å². The second-order valence-electron chi connectivity index (χ2n) is 8.15. The minimum atomic E-state index is -0.0576. The molecule has 1 aromatic carbocycles. The van der Waals surface area contributed by atoms with E-state index in [2.05, 4.69) is 103 Å². The first-order valence-corrected chi connectivity index (χ1v) is 15.9. The van der Waals surface area contributed by atoms with Crippen molar-refractivity contribution in [2.75, 3.05) is 11.5 Å². The third kappa shape index (κ3) is 4.47. The van der Waals surface area contributed by atoms with E-state index >= 15 is 0 Å². The summed E-state index contributed by atoms with van der Waals surface area (Å²) in [4.78, 5) is 2.39.